The summed E-state index contributed by atoms with van der Waals surface area (Å²) in [7, 11) is 0. The molecule has 2 heterocycles. The molecule has 0 saturated carbocycles. The van der Waals surface area contributed by atoms with Crippen molar-refractivity contribution in [2.75, 3.05) is 12.3 Å². The van der Waals surface area contributed by atoms with E-state index < -0.39 is 0 Å². The van der Waals surface area contributed by atoms with Crippen molar-refractivity contribution in [3.8, 4) is 0 Å². The number of hydrogen-bond acceptors (Lipinski definition) is 4. The maximum Gasteiger partial charge on any atom is 0.270 e. The third kappa shape index (κ3) is 2.79. The third-order valence-corrected chi connectivity index (χ3v) is 3.58. The molecule has 2 amide bonds. The van der Waals surface area contributed by atoms with Gasteiger partial charge in [0.25, 0.3) is 5.91 Å². The molecule has 0 aliphatic carbocycles. The number of piperidine rings is 1. The van der Waals surface area contributed by atoms with E-state index in [2.05, 4.69) is 15.6 Å². The Morgan fingerprint density at radius 3 is 2.95 bits per heavy atom. The number of amides is 2. The van der Waals surface area contributed by atoms with E-state index in [1.165, 1.54) is 0 Å². The van der Waals surface area contributed by atoms with Gasteiger partial charge in [0.1, 0.15) is 5.69 Å². The maximum absolute atomic E-state index is 12.2. The van der Waals surface area contributed by atoms with Crippen molar-refractivity contribution in [3.05, 3.63) is 36.0 Å². The van der Waals surface area contributed by atoms with Crippen molar-refractivity contribution in [2.45, 2.75) is 18.9 Å². The van der Waals surface area contributed by atoms with Crippen LogP contribution in [0.25, 0.3) is 10.9 Å². The highest BCUT2D eigenvalue weighted by Gasteiger charge is 2.21. The SMILES string of the molecule is Nc1cc(C(=O)NC2CCC(=O)NC2)nc2ccccc12. The van der Waals surface area contributed by atoms with Crippen molar-refractivity contribution < 1.29 is 9.59 Å². The van der Waals surface area contributed by atoms with E-state index in [1.807, 2.05) is 24.3 Å². The van der Waals surface area contributed by atoms with Crippen LogP contribution in [-0.4, -0.2) is 29.4 Å². The summed E-state index contributed by atoms with van der Waals surface area (Å²) < 4.78 is 0. The van der Waals surface area contributed by atoms with Gasteiger partial charge in [-0.25, -0.2) is 4.98 Å². The smallest absolute Gasteiger partial charge is 0.270 e. The fraction of sp³-hybridized carbons (Fsp3) is 0.267. The Labute approximate surface area is 121 Å². The van der Waals surface area contributed by atoms with Gasteiger partial charge in [0.2, 0.25) is 5.91 Å². The first-order valence-corrected chi connectivity index (χ1v) is 6.86. The predicted octanol–water partition coefficient (Wildman–Crippen LogP) is 0.825. The van der Waals surface area contributed by atoms with Gasteiger partial charge in [-0.1, -0.05) is 18.2 Å². The second-order valence-electron chi connectivity index (χ2n) is 5.13. The largest absolute Gasteiger partial charge is 0.398 e. The first-order valence-electron chi connectivity index (χ1n) is 6.86. The van der Waals surface area contributed by atoms with Crippen LogP contribution in [0, 0.1) is 0 Å². The molecule has 1 atom stereocenters. The molecule has 1 aromatic carbocycles. The summed E-state index contributed by atoms with van der Waals surface area (Å²) in [4.78, 5) is 27.7. The van der Waals surface area contributed by atoms with Gasteiger partial charge >= 0.3 is 0 Å². The van der Waals surface area contributed by atoms with Crippen molar-refractivity contribution in [2.24, 2.45) is 0 Å². The second kappa shape index (κ2) is 5.40. The minimum atomic E-state index is -0.270. The molecule has 1 aromatic heterocycles. The number of carbonyl (C=O) groups excluding carboxylic acids is 2. The van der Waals surface area contributed by atoms with Gasteiger partial charge in [0.15, 0.2) is 0 Å². The molecule has 21 heavy (non-hydrogen) atoms. The molecule has 1 aliphatic heterocycles. The second-order valence-corrected chi connectivity index (χ2v) is 5.13. The topological polar surface area (TPSA) is 97.1 Å². The lowest BCUT2D eigenvalue weighted by Gasteiger charge is -2.23. The molecule has 0 bridgehead atoms. The number of carbonyl (C=O) groups is 2. The van der Waals surface area contributed by atoms with Crippen LogP contribution in [0.5, 0.6) is 0 Å². The summed E-state index contributed by atoms with van der Waals surface area (Å²) in [6.07, 6.45) is 1.07. The van der Waals surface area contributed by atoms with E-state index >= 15 is 0 Å². The van der Waals surface area contributed by atoms with Gasteiger partial charge in [-0.2, -0.15) is 0 Å². The lowest BCUT2D eigenvalue weighted by molar-refractivity contribution is -0.122. The quantitative estimate of drug-likeness (QED) is 0.760. The molecule has 0 spiro atoms. The van der Waals surface area contributed by atoms with Gasteiger partial charge in [-0.3, -0.25) is 9.59 Å². The average molecular weight is 284 g/mol. The van der Waals surface area contributed by atoms with Crippen LogP contribution < -0.4 is 16.4 Å². The molecule has 108 valence electrons. The summed E-state index contributed by atoms with van der Waals surface area (Å²) >= 11 is 0. The monoisotopic (exact) mass is 284 g/mol. The molecule has 1 aliphatic rings. The van der Waals surface area contributed by atoms with Crippen LogP contribution in [0.2, 0.25) is 0 Å². The average Bonchev–Trinajstić information content (AvgIpc) is 2.49. The van der Waals surface area contributed by atoms with E-state index in [1.54, 1.807) is 6.07 Å². The molecule has 1 fully saturated rings. The Kier molecular flexibility index (Phi) is 3.43. The van der Waals surface area contributed by atoms with E-state index in [9.17, 15) is 9.59 Å². The highest BCUT2D eigenvalue weighted by atomic mass is 16.2. The Morgan fingerprint density at radius 2 is 2.19 bits per heavy atom. The summed E-state index contributed by atoms with van der Waals surface area (Å²) in [6, 6.07) is 8.95. The summed E-state index contributed by atoms with van der Waals surface area (Å²) in [6.45, 7) is 0.452. The Balaban J connectivity index is 1.80. The number of benzene rings is 1. The van der Waals surface area contributed by atoms with Crippen molar-refractivity contribution in [1.82, 2.24) is 15.6 Å². The molecule has 4 N–H and O–H groups in total. The maximum atomic E-state index is 12.2. The first-order chi connectivity index (χ1) is 10.1. The first kappa shape index (κ1) is 13.4. The number of para-hydroxylation sites is 1. The number of rotatable bonds is 2. The number of nitrogens with two attached hydrogens (primary N) is 1. The molecular weight excluding hydrogens is 268 g/mol. The Morgan fingerprint density at radius 1 is 1.38 bits per heavy atom. The van der Waals surface area contributed by atoms with Crippen molar-refractivity contribution in [1.29, 1.82) is 0 Å². The van der Waals surface area contributed by atoms with Gasteiger partial charge in [-0.05, 0) is 18.6 Å². The number of nitrogens with one attached hydrogen (secondary N) is 2. The molecule has 3 rings (SSSR count). The number of anilines is 1. The number of pyridine rings is 1. The zero-order valence-electron chi connectivity index (χ0n) is 11.4. The van der Waals surface area contributed by atoms with Gasteiger partial charge in [0.05, 0.1) is 5.52 Å². The van der Waals surface area contributed by atoms with Gasteiger partial charge in [0, 0.05) is 30.1 Å². The molecule has 1 saturated heterocycles. The third-order valence-electron chi connectivity index (χ3n) is 3.58. The molecule has 6 nitrogen and oxygen atoms in total. The Bertz CT molecular complexity index is 704. The van der Waals surface area contributed by atoms with Crippen LogP contribution in [-0.2, 0) is 4.79 Å². The predicted molar refractivity (Wildman–Crippen MR) is 79.7 cm³/mol. The van der Waals surface area contributed by atoms with Crippen molar-refractivity contribution in [3.63, 3.8) is 0 Å². The van der Waals surface area contributed by atoms with Crippen LogP contribution >= 0.6 is 0 Å². The number of aromatic nitrogens is 1. The molecule has 6 heteroatoms. The molecule has 2 aromatic rings. The minimum Gasteiger partial charge on any atom is -0.398 e. The zero-order chi connectivity index (χ0) is 14.8. The fourth-order valence-electron chi connectivity index (χ4n) is 2.43. The van der Waals surface area contributed by atoms with Crippen molar-refractivity contribution >= 4 is 28.4 Å². The Hall–Kier alpha value is -2.63. The van der Waals surface area contributed by atoms with E-state index in [-0.39, 0.29) is 17.9 Å². The van der Waals surface area contributed by atoms with Crippen LogP contribution in [0.3, 0.4) is 0 Å². The fourth-order valence-corrected chi connectivity index (χ4v) is 2.43. The zero-order valence-corrected chi connectivity index (χ0v) is 11.4. The van der Waals surface area contributed by atoms with E-state index in [4.69, 9.17) is 5.73 Å². The highest BCUT2D eigenvalue weighted by Crippen LogP contribution is 2.20. The lowest BCUT2D eigenvalue weighted by Crippen LogP contribution is -2.47. The number of fused-ring (bicyclic) bond motifs is 1. The summed E-state index contributed by atoms with van der Waals surface area (Å²) in [5, 5.41) is 6.44. The van der Waals surface area contributed by atoms with Gasteiger partial charge in [-0.15, -0.1) is 0 Å². The van der Waals surface area contributed by atoms with E-state index in [0.717, 1.165) is 5.39 Å². The van der Waals surface area contributed by atoms with Crippen LogP contribution in [0.1, 0.15) is 23.3 Å². The number of nitrogens with zero attached hydrogens (tertiary/aromatic N) is 1. The number of hydrogen-bond donors (Lipinski definition) is 3. The molecule has 1 unspecified atom stereocenters. The minimum absolute atomic E-state index is 0.0218. The van der Waals surface area contributed by atoms with Gasteiger partial charge < -0.3 is 16.4 Å². The number of nitrogen functional groups attached to an aromatic ring is 1. The summed E-state index contributed by atoms with van der Waals surface area (Å²) in [5.74, 6) is -0.248. The highest BCUT2D eigenvalue weighted by molar-refractivity contribution is 5.99. The molecule has 0 radical (unpaired) electrons. The van der Waals surface area contributed by atoms with E-state index in [0.29, 0.717) is 36.3 Å². The summed E-state index contributed by atoms with van der Waals surface area (Å²) in [5.41, 5.74) is 7.49. The normalized spacial score (nSPS) is 18.3. The lowest BCUT2D eigenvalue weighted by atomic mass is 10.1. The standard InChI is InChI=1S/C15H16N4O2/c16-11-7-13(19-12-4-2-1-3-10(11)12)15(21)18-9-5-6-14(20)17-8-9/h1-4,7,9H,5-6,8H2,(H2,16,19)(H,17,20)(H,18,21). The molecular formula is C15H16N4O2. The van der Waals surface area contributed by atoms with Crippen LogP contribution in [0.15, 0.2) is 30.3 Å². The van der Waals surface area contributed by atoms with Crippen LogP contribution in [0.4, 0.5) is 5.69 Å².